The summed E-state index contributed by atoms with van der Waals surface area (Å²) >= 11 is 5.15. The van der Waals surface area contributed by atoms with Gasteiger partial charge in [0.2, 0.25) is 5.24 Å². The van der Waals surface area contributed by atoms with E-state index in [4.69, 9.17) is 16.3 Å². The van der Waals surface area contributed by atoms with Gasteiger partial charge in [-0.05, 0) is 24.9 Å². The Morgan fingerprint density at radius 1 is 1.55 bits per heavy atom. The van der Waals surface area contributed by atoms with Crippen molar-refractivity contribution in [2.75, 3.05) is 6.61 Å². The molecule has 0 rings (SSSR count). The fourth-order valence-corrected chi connectivity index (χ4v) is 0.866. The Kier molecular flexibility index (Phi) is 5.94. The Morgan fingerprint density at radius 3 is 2.55 bits per heavy atom. The first-order valence-corrected chi connectivity index (χ1v) is 4.11. The third-order valence-corrected chi connectivity index (χ3v) is 1.21. The molecular formula is C8H13ClO2. The summed E-state index contributed by atoms with van der Waals surface area (Å²) in [6, 6.07) is 0. The summed E-state index contributed by atoms with van der Waals surface area (Å²) in [7, 11) is 0. The predicted octanol–water partition coefficient (Wildman–Crippen LogP) is 2.47. The molecule has 0 heterocycles. The molecule has 0 atom stereocenters. The second kappa shape index (κ2) is 6.23. The van der Waals surface area contributed by atoms with Crippen molar-refractivity contribution in [3.8, 4) is 0 Å². The Morgan fingerprint density at radius 2 is 2.18 bits per heavy atom. The third-order valence-electron chi connectivity index (χ3n) is 1.10. The van der Waals surface area contributed by atoms with Crippen LogP contribution >= 0.6 is 11.6 Å². The smallest absolute Gasteiger partial charge is 0.248 e. The van der Waals surface area contributed by atoms with Crippen LogP contribution in [0, 0.1) is 0 Å². The molecule has 0 unspecified atom stereocenters. The van der Waals surface area contributed by atoms with Crippen LogP contribution in [-0.4, -0.2) is 11.8 Å². The zero-order valence-corrected chi connectivity index (χ0v) is 7.65. The summed E-state index contributed by atoms with van der Waals surface area (Å²) in [6.45, 7) is 4.48. The standard InChI is InChI=1S/C8H13ClO2/c1-3-5-7(11-4-2)6-8(9)10/h6H,3-5H2,1-2H3/b7-6+. The van der Waals surface area contributed by atoms with Crippen LogP contribution in [0.25, 0.3) is 0 Å². The fraction of sp³-hybridized carbons (Fsp3) is 0.625. The van der Waals surface area contributed by atoms with E-state index in [2.05, 4.69) is 0 Å². The van der Waals surface area contributed by atoms with Crippen molar-refractivity contribution in [1.82, 2.24) is 0 Å². The number of allylic oxidation sites excluding steroid dienone is 2. The van der Waals surface area contributed by atoms with Crippen LogP contribution in [0.2, 0.25) is 0 Å². The molecule has 0 saturated heterocycles. The molecule has 0 aliphatic rings. The summed E-state index contributed by atoms with van der Waals surface area (Å²) in [5.41, 5.74) is 0. The molecule has 3 heteroatoms. The Hall–Kier alpha value is -0.500. The monoisotopic (exact) mass is 176 g/mol. The Labute approximate surface area is 72.2 Å². The van der Waals surface area contributed by atoms with Gasteiger partial charge in [-0.25, -0.2) is 0 Å². The third kappa shape index (κ3) is 5.92. The van der Waals surface area contributed by atoms with Crippen LogP contribution < -0.4 is 0 Å². The molecule has 0 saturated carbocycles. The zero-order valence-electron chi connectivity index (χ0n) is 6.89. The maximum absolute atomic E-state index is 10.4. The first-order valence-electron chi connectivity index (χ1n) is 3.73. The van der Waals surface area contributed by atoms with Crippen LogP contribution in [0.5, 0.6) is 0 Å². The van der Waals surface area contributed by atoms with Gasteiger partial charge in [0.15, 0.2) is 0 Å². The SMILES string of the molecule is CCC/C(=C\C(=O)Cl)OCC. The van der Waals surface area contributed by atoms with E-state index >= 15 is 0 Å². The number of carbonyl (C=O) groups excluding carboxylic acids is 1. The van der Waals surface area contributed by atoms with Gasteiger partial charge in [-0.15, -0.1) is 0 Å². The lowest BCUT2D eigenvalue weighted by Gasteiger charge is -2.04. The van der Waals surface area contributed by atoms with Crippen molar-refractivity contribution in [1.29, 1.82) is 0 Å². The highest BCUT2D eigenvalue weighted by Gasteiger charge is 1.98. The minimum absolute atomic E-state index is 0.470. The van der Waals surface area contributed by atoms with Crippen LogP contribution in [-0.2, 0) is 9.53 Å². The lowest BCUT2D eigenvalue weighted by Crippen LogP contribution is -1.93. The summed E-state index contributed by atoms with van der Waals surface area (Å²) in [5, 5.41) is -0.470. The molecule has 0 bridgehead atoms. The number of hydrogen-bond acceptors (Lipinski definition) is 2. The topological polar surface area (TPSA) is 26.3 Å². The minimum atomic E-state index is -0.470. The van der Waals surface area contributed by atoms with Crippen LogP contribution in [0.1, 0.15) is 26.7 Å². The molecule has 0 spiro atoms. The molecule has 0 aliphatic carbocycles. The van der Waals surface area contributed by atoms with Crippen LogP contribution in [0.4, 0.5) is 0 Å². The molecular weight excluding hydrogens is 164 g/mol. The van der Waals surface area contributed by atoms with Crippen molar-refractivity contribution in [2.24, 2.45) is 0 Å². The van der Waals surface area contributed by atoms with Crippen molar-refractivity contribution >= 4 is 16.8 Å². The highest BCUT2D eigenvalue weighted by molar-refractivity contribution is 6.66. The van der Waals surface area contributed by atoms with Crippen LogP contribution in [0.15, 0.2) is 11.8 Å². The lowest BCUT2D eigenvalue weighted by atomic mass is 10.3. The van der Waals surface area contributed by atoms with Gasteiger partial charge in [-0.1, -0.05) is 6.92 Å². The summed E-state index contributed by atoms with van der Waals surface area (Å²) in [4.78, 5) is 10.4. The fourth-order valence-electron chi connectivity index (χ4n) is 0.744. The molecule has 0 aromatic heterocycles. The van der Waals surface area contributed by atoms with Crippen molar-refractivity contribution < 1.29 is 9.53 Å². The first kappa shape index (κ1) is 10.5. The molecule has 0 aromatic rings. The van der Waals surface area contributed by atoms with Crippen LogP contribution in [0.3, 0.4) is 0 Å². The van der Waals surface area contributed by atoms with Crippen molar-refractivity contribution in [2.45, 2.75) is 26.7 Å². The van der Waals surface area contributed by atoms with E-state index in [1.807, 2.05) is 13.8 Å². The maximum Gasteiger partial charge on any atom is 0.248 e. The van der Waals surface area contributed by atoms with E-state index in [1.165, 1.54) is 6.08 Å². The van der Waals surface area contributed by atoms with E-state index in [9.17, 15) is 4.79 Å². The summed E-state index contributed by atoms with van der Waals surface area (Å²) in [6.07, 6.45) is 3.05. The predicted molar refractivity (Wildman–Crippen MR) is 45.5 cm³/mol. The average Bonchev–Trinajstić information content (AvgIpc) is 1.87. The van der Waals surface area contributed by atoms with E-state index in [1.54, 1.807) is 0 Å². The second-order valence-corrected chi connectivity index (χ2v) is 2.47. The van der Waals surface area contributed by atoms with E-state index in [0.29, 0.717) is 12.4 Å². The summed E-state index contributed by atoms with van der Waals surface area (Å²) < 4.78 is 5.15. The van der Waals surface area contributed by atoms with Gasteiger partial charge < -0.3 is 4.74 Å². The number of carbonyl (C=O) groups is 1. The maximum atomic E-state index is 10.4. The van der Waals surface area contributed by atoms with Gasteiger partial charge in [0.1, 0.15) is 5.76 Å². The molecule has 0 fully saturated rings. The van der Waals surface area contributed by atoms with E-state index in [-0.39, 0.29) is 0 Å². The Balaban J connectivity index is 3.96. The van der Waals surface area contributed by atoms with Gasteiger partial charge in [-0.3, -0.25) is 4.79 Å². The van der Waals surface area contributed by atoms with Gasteiger partial charge in [-0.2, -0.15) is 0 Å². The van der Waals surface area contributed by atoms with E-state index < -0.39 is 5.24 Å². The summed E-state index contributed by atoms with van der Waals surface area (Å²) in [5.74, 6) is 0.676. The molecule has 0 aliphatic heterocycles. The molecule has 0 aromatic carbocycles. The van der Waals surface area contributed by atoms with Gasteiger partial charge in [0.25, 0.3) is 0 Å². The normalized spacial score (nSPS) is 11.4. The molecule has 11 heavy (non-hydrogen) atoms. The average molecular weight is 177 g/mol. The zero-order chi connectivity index (χ0) is 8.69. The van der Waals surface area contributed by atoms with E-state index in [0.717, 1.165) is 12.8 Å². The first-order chi connectivity index (χ1) is 5.20. The number of ether oxygens (including phenoxy) is 1. The van der Waals surface area contributed by atoms with Gasteiger partial charge in [0.05, 0.1) is 6.61 Å². The second-order valence-electron chi connectivity index (χ2n) is 2.10. The van der Waals surface area contributed by atoms with Gasteiger partial charge >= 0.3 is 0 Å². The number of hydrogen-bond donors (Lipinski definition) is 0. The molecule has 0 radical (unpaired) electrons. The number of halogens is 1. The largest absolute Gasteiger partial charge is 0.498 e. The Bertz CT molecular complexity index is 144. The highest BCUT2D eigenvalue weighted by Crippen LogP contribution is 2.06. The van der Waals surface area contributed by atoms with Crippen molar-refractivity contribution in [3.63, 3.8) is 0 Å². The van der Waals surface area contributed by atoms with Crippen molar-refractivity contribution in [3.05, 3.63) is 11.8 Å². The molecule has 64 valence electrons. The number of rotatable bonds is 5. The highest BCUT2D eigenvalue weighted by atomic mass is 35.5. The molecule has 0 N–H and O–H groups in total. The molecule has 0 amide bonds. The minimum Gasteiger partial charge on any atom is -0.498 e. The van der Waals surface area contributed by atoms with Gasteiger partial charge in [0, 0.05) is 12.5 Å². The lowest BCUT2D eigenvalue weighted by molar-refractivity contribution is -0.107. The quantitative estimate of drug-likeness (QED) is 0.366. The molecule has 2 nitrogen and oxygen atoms in total.